The van der Waals surface area contributed by atoms with Crippen molar-refractivity contribution in [1.82, 2.24) is 9.13 Å². The molecule has 4 rings (SSSR count). The second-order valence-corrected chi connectivity index (χ2v) is 8.02. The monoisotopic (exact) mass is 469 g/mol. The highest BCUT2D eigenvalue weighted by Gasteiger charge is 2.18. The summed E-state index contributed by atoms with van der Waals surface area (Å²) in [5.41, 5.74) is -0.218. The van der Waals surface area contributed by atoms with Crippen LogP contribution < -0.4 is 26.0 Å². The number of carbonyl (C=O) groups is 1. The summed E-state index contributed by atoms with van der Waals surface area (Å²) in [6.07, 6.45) is 0. The normalized spacial score (nSPS) is 10.9. The van der Waals surface area contributed by atoms with Gasteiger partial charge in [-0.3, -0.25) is 18.7 Å². The highest BCUT2D eigenvalue weighted by Crippen LogP contribution is 2.29. The molecule has 33 heavy (non-hydrogen) atoms. The van der Waals surface area contributed by atoms with Gasteiger partial charge in [0.2, 0.25) is 5.91 Å². The smallest absolute Gasteiger partial charge is 0.332 e. The molecular weight excluding hydrogens is 449 g/mol. The number of nitrogens with zero attached hydrogens (tertiary/aromatic N) is 2. The number of carbonyl (C=O) groups excluding carboxylic acids is 1. The van der Waals surface area contributed by atoms with Crippen LogP contribution in [0.5, 0.6) is 11.5 Å². The average molecular weight is 469 g/mol. The minimum absolute atomic E-state index is 0.203. The summed E-state index contributed by atoms with van der Waals surface area (Å²) < 4.78 is 27.1. The van der Waals surface area contributed by atoms with Crippen molar-refractivity contribution in [2.75, 3.05) is 19.5 Å². The predicted octanol–water partition coefficient (Wildman–Crippen LogP) is 3.07. The standard InChI is InChI=1S/C23H20FN3O5S/c1-31-18-8-7-15(11-19(18)32-2)25-20(28)13-26-17-9-10-33-21(17)22(29)27(23(26)30)12-14-5-3-4-6-16(14)24/h3-11H,12-13H2,1-2H3,(H,25,28). The third-order valence-corrected chi connectivity index (χ3v) is 5.98. The van der Waals surface area contributed by atoms with E-state index in [4.69, 9.17) is 9.47 Å². The van der Waals surface area contributed by atoms with Gasteiger partial charge in [-0.2, -0.15) is 0 Å². The maximum absolute atomic E-state index is 14.2. The topological polar surface area (TPSA) is 91.6 Å². The van der Waals surface area contributed by atoms with Crippen LogP contribution in [0.2, 0.25) is 0 Å². The first-order valence-electron chi connectivity index (χ1n) is 9.89. The van der Waals surface area contributed by atoms with Crippen molar-refractivity contribution in [3.63, 3.8) is 0 Å². The number of hydrogen-bond donors (Lipinski definition) is 1. The van der Waals surface area contributed by atoms with E-state index in [0.29, 0.717) is 27.4 Å². The van der Waals surface area contributed by atoms with E-state index in [-0.39, 0.29) is 18.7 Å². The fourth-order valence-electron chi connectivity index (χ4n) is 3.48. The molecule has 1 N–H and O–H groups in total. The molecule has 4 aromatic rings. The van der Waals surface area contributed by atoms with Crippen molar-refractivity contribution >= 4 is 33.1 Å². The third-order valence-electron chi connectivity index (χ3n) is 5.09. The van der Waals surface area contributed by atoms with E-state index < -0.39 is 23.0 Å². The largest absolute Gasteiger partial charge is 0.493 e. The lowest BCUT2D eigenvalue weighted by Crippen LogP contribution is -2.41. The Morgan fingerprint density at radius 2 is 1.79 bits per heavy atom. The van der Waals surface area contributed by atoms with E-state index in [9.17, 15) is 18.8 Å². The van der Waals surface area contributed by atoms with Crippen molar-refractivity contribution in [3.05, 3.63) is 86.1 Å². The average Bonchev–Trinajstić information content (AvgIpc) is 3.30. The van der Waals surface area contributed by atoms with Gasteiger partial charge in [-0.15, -0.1) is 11.3 Å². The molecule has 170 valence electrons. The molecule has 2 heterocycles. The highest BCUT2D eigenvalue weighted by atomic mass is 32.1. The molecule has 0 bridgehead atoms. The van der Waals surface area contributed by atoms with Crippen LogP contribution in [0.15, 0.2) is 63.5 Å². The second-order valence-electron chi connectivity index (χ2n) is 7.10. The van der Waals surface area contributed by atoms with Gasteiger partial charge in [0.15, 0.2) is 11.5 Å². The van der Waals surface area contributed by atoms with Crippen LogP contribution in [-0.4, -0.2) is 29.3 Å². The van der Waals surface area contributed by atoms with Crippen molar-refractivity contribution < 1.29 is 18.7 Å². The van der Waals surface area contributed by atoms with Crippen molar-refractivity contribution in [2.45, 2.75) is 13.1 Å². The van der Waals surface area contributed by atoms with Crippen molar-refractivity contribution in [2.24, 2.45) is 0 Å². The molecule has 0 spiro atoms. The van der Waals surface area contributed by atoms with Crippen molar-refractivity contribution in [3.8, 4) is 11.5 Å². The fraction of sp³-hybridized carbons (Fsp3) is 0.174. The van der Waals surface area contributed by atoms with Crippen LogP contribution >= 0.6 is 11.3 Å². The molecule has 8 nitrogen and oxygen atoms in total. The Balaban J connectivity index is 1.68. The van der Waals surface area contributed by atoms with E-state index >= 15 is 0 Å². The lowest BCUT2D eigenvalue weighted by molar-refractivity contribution is -0.116. The molecule has 0 saturated carbocycles. The molecule has 0 aliphatic heterocycles. The number of methoxy groups -OCH3 is 2. The number of halogens is 1. The van der Waals surface area contributed by atoms with Gasteiger partial charge in [0.25, 0.3) is 5.56 Å². The molecule has 0 saturated heterocycles. The second kappa shape index (κ2) is 9.29. The van der Waals surface area contributed by atoms with Gasteiger partial charge < -0.3 is 14.8 Å². The SMILES string of the molecule is COc1ccc(NC(=O)Cn2c(=O)n(Cc3ccccc3F)c(=O)c3sccc32)cc1OC. The van der Waals surface area contributed by atoms with Gasteiger partial charge in [-0.1, -0.05) is 18.2 Å². The Labute approximate surface area is 191 Å². The molecule has 2 aromatic carbocycles. The zero-order valence-corrected chi connectivity index (χ0v) is 18.6. The minimum Gasteiger partial charge on any atom is -0.493 e. The summed E-state index contributed by atoms with van der Waals surface area (Å²) in [5, 5.41) is 4.38. The molecule has 0 aliphatic rings. The Hall–Kier alpha value is -3.92. The predicted molar refractivity (Wildman–Crippen MR) is 124 cm³/mol. The van der Waals surface area contributed by atoms with Crippen LogP contribution in [0.25, 0.3) is 10.2 Å². The van der Waals surface area contributed by atoms with Gasteiger partial charge in [-0.05, 0) is 29.6 Å². The lowest BCUT2D eigenvalue weighted by atomic mass is 10.2. The molecular formula is C23H20FN3O5S. The van der Waals surface area contributed by atoms with E-state index in [2.05, 4.69) is 5.32 Å². The first-order valence-corrected chi connectivity index (χ1v) is 10.8. The fourth-order valence-corrected chi connectivity index (χ4v) is 4.32. The Bertz CT molecular complexity index is 1460. The Morgan fingerprint density at radius 3 is 2.52 bits per heavy atom. The highest BCUT2D eigenvalue weighted by molar-refractivity contribution is 7.17. The number of anilines is 1. The number of aromatic nitrogens is 2. The number of ether oxygens (including phenoxy) is 2. The summed E-state index contributed by atoms with van der Waals surface area (Å²) >= 11 is 1.16. The Kier molecular flexibility index (Phi) is 6.27. The van der Waals surface area contributed by atoms with Crippen LogP contribution in [0.1, 0.15) is 5.56 Å². The lowest BCUT2D eigenvalue weighted by Gasteiger charge is -2.14. The zero-order valence-electron chi connectivity index (χ0n) is 17.8. The molecule has 0 aliphatic carbocycles. The summed E-state index contributed by atoms with van der Waals surface area (Å²) in [5.74, 6) is -0.0567. The van der Waals surface area contributed by atoms with E-state index in [1.54, 1.807) is 35.7 Å². The number of benzene rings is 2. The number of rotatable bonds is 7. The van der Waals surface area contributed by atoms with Gasteiger partial charge >= 0.3 is 5.69 Å². The van der Waals surface area contributed by atoms with Gasteiger partial charge in [0.05, 0.1) is 26.3 Å². The number of hydrogen-bond acceptors (Lipinski definition) is 6. The Morgan fingerprint density at radius 1 is 1.03 bits per heavy atom. The number of amides is 1. The summed E-state index contributed by atoms with van der Waals surface area (Å²) in [6.45, 7) is -0.576. The quantitative estimate of drug-likeness (QED) is 0.449. The van der Waals surface area contributed by atoms with E-state index in [1.807, 2.05) is 0 Å². The number of thiophene rings is 1. The molecule has 0 fully saturated rings. The van der Waals surface area contributed by atoms with E-state index in [1.165, 1.54) is 37.0 Å². The minimum atomic E-state index is -0.698. The maximum Gasteiger partial charge on any atom is 0.332 e. The molecule has 10 heteroatoms. The van der Waals surface area contributed by atoms with Gasteiger partial charge in [0, 0.05) is 17.3 Å². The summed E-state index contributed by atoms with van der Waals surface area (Å²) in [6, 6.07) is 12.4. The third kappa shape index (κ3) is 4.37. The molecule has 0 atom stereocenters. The van der Waals surface area contributed by atoms with Gasteiger partial charge in [-0.25, -0.2) is 9.18 Å². The molecule has 2 aromatic heterocycles. The first-order chi connectivity index (χ1) is 15.9. The van der Waals surface area contributed by atoms with Gasteiger partial charge in [0.1, 0.15) is 17.1 Å². The maximum atomic E-state index is 14.2. The zero-order chi connectivity index (χ0) is 23.5. The van der Waals surface area contributed by atoms with E-state index in [0.717, 1.165) is 15.9 Å². The van der Waals surface area contributed by atoms with Crippen LogP contribution in [0.3, 0.4) is 0 Å². The summed E-state index contributed by atoms with van der Waals surface area (Å²) in [4.78, 5) is 38.9. The van der Waals surface area contributed by atoms with Crippen LogP contribution in [-0.2, 0) is 17.9 Å². The van der Waals surface area contributed by atoms with Crippen LogP contribution in [0, 0.1) is 5.82 Å². The first kappa shape index (κ1) is 22.3. The molecule has 0 radical (unpaired) electrons. The number of fused-ring (bicyclic) bond motifs is 1. The summed E-state index contributed by atoms with van der Waals surface area (Å²) in [7, 11) is 2.99. The molecule has 1 amide bonds. The molecule has 0 unspecified atom stereocenters. The van der Waals surface area contributed by atoms with Crippen molar-refractivity contribution in [1.29, 1.82) is 0 Å². The van der Waals surface area contributed by atoms with Crippen LogP contribution in [0.4, 0.5) is 10.1 Å². The number of nitrogens with one attached hydrogen (secondary N) is 1.